The van der Waals surface area contributed by atoms with Crippen molar-refractivity contribution in [1.29, 1.82) is 0 Å². The van der Waals surface area contributed by atoms with Crippen molar-refractivity contribution < 1.29 is 13.9 Å². The second kappa shape index (κ2) is 6.67. The quantitative estimate of drug-likeness (QED) is 0.682. The van der Waals surface area contributed by atoms with Gasteiger partial charge in [-0.1, -0.05) is 28.1 Å². The highest BCUT2D eigenvalue weighted by Crippen LogP contribution is 2.38. The molecule has 112 valence electrons. The lowest BCUT2D eigenvalue weighted by Gasteiger charge is -2.15. The summed E-state index contributed by atoms with van der Waals surface area (Å²) >= 11 is 9.89. The highest BCUT2D eigenvalue weighted by molar-refractivity contribution is 9.10. The Hall–Kier alpha value is -1.26. The summed E-state index contributed by atoms with van der Waals surface area (Å²) in [6.45, 7) is 1.98. The van der Waals surface area contributed by atoms with Crippen molar-refractivity contribution in [2.75, 3.05) is 14.2 Å². The number of benzene rings is 2. The Labute approximate surface area is 137 Å². The van der Waals surface area contributed by atoms with Crippen LogP contribution in [0.4, 0.5) is 4.39 Å². The second-order valence-electron chi connectivity index (χ2n) is 4.60. The first-order chi connectivity index (χ1) is 9.97. The fourth-order valence-corrected chi connectivity index (χ4v) is 2.71. The van der Waals surface area contributed by atoms with Crippen LogP contribution in [0.1, 0.15) is 22.1 Å². The van der Waals surface area contributed by atoms with Crippen molar-refractivity contribution in [2.24, 2.45) is 0 Å². The summed E-state index contributed by atoms with van der Waals surface area (Å²) in [5.74, 6) is 0.364. The second-order valence-corrected chi connectivity index (χ2v) is 5.89. The van der Waals surface area contributed by atoms with E-state index in [-0.39, 0.29) is 0 Å². The predicted molar refractivity (Wildman–Crippen MR) is 86.1 cm³/mol. The highest BCUT2D eigenvalue weighted by atomic mass is 79.9. The van der Waals surface area contributed by atoms with Gasteiger partial charge in [-0.15, -0.1) is 11.6 Å². The number of hydrogen-bond acceptors (Lipinski definition) is 2. The summed E-state index contributed by atoms with van der Waals surface area (Å²) in [6, 6.07) is 8.57. The van der Waals surface area contributed by atoms with Crippen LogP contribution < -0.4 is 9.47 Å². The van der Waals surface area contributed by atoms with Crippen LogP contribution in [-0.2, 0) is 0 Å². The molecule has 0 aromatic heterocycles. The molecule has 0 heterocycles. The van der Waals surface area contributed by atoms with Crippen LogP contribution in [0, 0.1) is 12.7 Å². The van der Waals surface area contributed by atoms with Gasteiger partial charge in [0.1, 0.15) is 5.82 Å². The highest BCUT2D eigenvalue weighted by Gasteiger charge is 2.19. The Morgan fingerprint density at radius 3 is 2.29 bits per heavy atom. The largest absolute Gasteiger partial charge is 0.493 e. The van der Waals surface area contributed by atoms with Crippen molar-refractivity contribution >= 4 is 27.5 Å². The normalized spacial score (nSPS) is 12.1. The van der Waals surface area contributed by atoms with Crippen LogP contribution in [-0.4, -0.2) is 14.2 Å². The Bertz CT molecular complexity index is 661. The number of rotatable bonds is 4. The van der Waals surface area contributed by atoms with E-state index >= 15 is 0 Å². The SMILES string of the molecule is COc1cc(F)c(C(Cl)c2ccc(C)c(Br)c2)cc1OC. The van der Waals surface area contributed by atoms with Crippen LogP contribution in [0.5, 0.6) is 11.5 Å². The van der Waals surface area contributed by atoms with Gasteiger partial charge in [0, 0.05) is 16.1 Å². The Kier molecular flexibility index (Phi) is 5.12. The molecule has 0 fully saturated rings. The third kappa shape index (κ3) is 3.33. The smallest absolute Gasteiger partial charge is 0.163 e. The number of aryl methyl sites for hydroxylation is 1. The Morgan fingerprint density at radius 2 is 1.71 bits per heavy atom. The van der Waals surface area contributed by atoms with E-state index in [1.165, 1.54) is 20.3 Å². The molecule has 5 heteroatoms. The molecule has 2 aromatic carbocycles. The van der Waals surface area contributed by atoms with Crippen LogP contribution in [0.15, 0.2) is 34.8 Å². The van der Waals surface area contributed by atoms with Gasteiger partial charge in [0.05, 0.1) is 19.6 Å². The number of methoxy groups -OCH3 is 2. The fraction of sp³-hybridized carbons (Fsp3) is 0.250. The van der Waals surface area contributed by atoms with Crippen molar-refractivity contribution in [1.82, 2.24) is 0 Å². The monoisotopic (exact) mass is 372 g/mol. The van der Waals surface area contributed by atoms with Gasteiger partial charge in [0.15, 0.2) is 11.5 Å². The first-order valence-corrected chi connectivity index (χ1v) is 7.52. The molecule has 1 atom stereocenters. The molecule has 0 aliphatic carbocycles. The van der Waals surface area contributed by atoms with E-state index in [1.807, 2.05) is 25.1 Å². The summed E-state index contributed by atoms with van der Waals surface area (Å²) in [6.07, 6.45) is 0. The molecule has 2 nitrogen and oxygen atoms in total. The fourth-order valence-electron chi connectivity index (χ4n) is 2.01. The van der Waals surface area contributed by atoms with E-state index in [9.17, 15) is 4.39 Å². The molecule has 0 aliphatic heterocycles. The maximum absolute atomic E-state index is 14.2. The van der Waals surface area contributed by atoms with Crippen molar-refractivity contribution in [3.05, 3.63) is 57.3 Å². The van der Waals surface area contributed by atoms with Gasteiger partial charge in [0.25, 0.3) is 0 Å². The molecule has 2 aromatic rings. The number of ether oxygens (including phenoxy) is 2. The zero-order valence-corrected chi connectivity index (χ0v) is 14.3. The maximum atomic E-state index is 14.2. The zero-order valence-electron chi connectivity index (χ0n) is 11.9. The van der Waals surface area contributed by atoms with Gasteiger partial charge >= 0.3 is 0 Å². The van der Waals surface area contributed by atoms with Crippen LogP contribution in [0.2, 0.25) is 0 Å². The van der Waals surface area contributed by atoms with E-state index in [0.29, 0.717) is 17.1 Å². The van der Waals surface area contributed by atoms with Gasteiger partial charge in [-0.3, -0.25) is 0 Å². The first-order valence-electron chi connectivity index (χ1n) is 6.29. The molecule has 0 amide bonds. The molecule has 0 saturated carbocycles. The minimum absolute atomic E-state index is 0.340. The molecular weight excluding hydrogens is 359 g/mol. The van der Waals surface area contributed by atoms with Gasteiger partial charge < -0.3 is 9.47 Å². The lowest BCUT2D eigenvalue weighted by molar-refractivity contribution is 0.351. The maximum Gasteiger partial charge on any atom is 0.163 e. The molecular formula is C16H15BrClFO2. The number of alkyl halides is 1. The minimum atomic E-state index is -0.610. The van der Waals surface area contributed by atoms with E-state index < -0.39 is 11.2 Å². The predicted octanol–water partition coefficient (Wildman–Crippen LogP) is 5.24. The lowest BCUT2D eigenvalue weighted by atomic mass is 10.0. The first kappa shape index (κ1) is 16.1. The van der Waals surface area contributed by atoms with E-state index in [4.69, 9.17) is 21.1 Å². The van der Waals surface area contributed by atoms with Gasteiger partial charge in [-0.2, -0.15) is 0 Å². The molecule has 0 saturated heterocycles. The lowest BCUT2D eigenvalue weighted by Crippen LogP contribution is -2.00. The minimum Gasteiger partial charge on any atom is -0.493 e. The number of hydrogen-bond donors (Lipinski definition) is 0. The standard InChI is InChI=1S/C16H15BrClFO2/c1-9-4-5-10(6-12(9)17)16(18)11-7-14(20-2)15(21-3)8-13(11)19/h4-8,16H,1-3H3. The van der Waals surface area contributed by atoms with Gasteiger partial charge in [0.2, 0.25) is 0 Å². The summed E-state index contributed by atoms with van der Waals surface area (Å²) in [7, 11) is 2.97. The summed E-state index contributed by atoms with van der Waals surface area (Å²) in [5, 5.41) is -0.610. The Morgan fingerprint density at radius 1 is 1.10 bits per heavy atom. The molecule has 0 N–H and O–H groups in total. The zero-order chi connectivity index (χ0) is 15.6. The van der Waals surface area contributed by atoms with E-state index in [0.717, 1.165) is 15.6 Å². The van der Waals surface area contributed by atoms with Crippen molar-refractivity contribution in [3.8, 4) is 11.5 Å². The van der Waals surface area contributed by atoms with Crippen LogP contribution in [0.3, 0.4) is 0 Å². The molecule has 2 rings (SSSR count). The van der Waals surface area contributed by atoms with Crippen molar-refractivity contribution in [2.45, 2.75) is 12.3 Å². The molecule has 21 heavy (non-hydrogen) atoms. The van der Waals surface area contributed by atoms with Gasteiger partial charge in [-0.05, 0) is 30.2 Å². The molecule has 0 aliphatic rings. The van der Waals surface area contributed by atoms with E-state index in [2.05, 4.69) is 15.9 Å². The summed E-state index contributed by atoms with van der Waals surface area (Å²) < 4.78 is 25.5. The molecule has 1 unspecified atom stereocenters. The van der Waals surface area contributed by atoms with E-state index in [1.54, 1.807) is 6.07 Å². The summed E-state index contributed by atoms with van der Waals surface area (Å²) in [5.41, 5.74) is 2.25. The number of halogens is 3. The average molecular weight is 374 g/mol. The third-order valence-electron chi connectivity index (χ3n) is 3.26. The Balaban J connectivity index is 2.47. The summed E-state index contributed by atoms with van der Waals surface area (Å²) in [4.78, 5) is 0. The van der Waals surface area contributed by atoms with Crippen LogP contribution >= 0.6 is 27.5 Å². The third-order valence-corrected chi connectivity index (χ3v) is 4.61. The van der Waals surface area contributed by atoms with Gasteiger partial charge in [-0.25, -0.2) is 4.39 Å². The molecule has 0 spiro atoms. The average Bonchev–Trinajstić information content (AvgIpc) is 2.49. The molecule has 0 radical (unpaired) electrons. The van der Waals surface area contributed by atoms with Crippen molar-refractivity contribution in [3.63, 3.8) is 0 Å². The topological polar surface area (TPSA) is 18.5 Å². The van der Waals surface area contributed by atoms with Crippen LogP contribution in [0.25, 0.3) is 0 Å². The molecule has 0 bridgehead atoms.